The lowest BCUT2D eigenvalue weighted by molar-refractivity contribution is -0.121. The molecule has 8 nitrogen and oxygen atoms in total. The minimum atomic E-state index is -0.193. The highest BCUT2D eigenvalue weighted by molar-refractivity contribution is 5.75. The zero-order valence-corrected chi connectivity index (χ0v) is 16.6. The van der Waals surface area contributed by atoms with Crippen molar-refractivity contribution in [2.24, 2.45) is 0 Å². The highest BCUT2D eigenvalue weighted by Gasteiger charge is 2.11. The van der Waals surface area contributed by atoms with E-state index in [0.717, 1.165) is 11.3 Å². The molecule has 154 valence electrons. The Labute approximate surface area is 172 Å². The lowest BCUT2D eigenvalue weighted by Gasteiger charge is -2.06. The minimum Gasteiger partial charge on any atom is -0.494 e. The maximum absolute atomic E-state index is 12.8. The molecule has 0 atom stereocenters. The third-order valence-electron chi connectivity index (χ3n) is 4.68. The number of furan rings is 1. The van der Waals surface area contributed by atoms with Gasteiger partial charge in [0.05, 0.1) is 25.1 Å². The topological polar surface area (TPSA) is 90.8 Å². The molecule has 0 radical (unpaired) electrons. The molecule has 0 aliphatic rings. The normalized spacial score (nSPS) is 11.0. The van der Waals surface area contributed by atoms with Crippen molar-refractivity contribution in [2.75, 3.05) is 6.61 Å². The average Bonchev–Trinajstić information content (AvgIpc) is 3.43. The Morgan fingerprint density at radius 3 is 2.77 bits per heavy atom. The molecule has 1 amide bonds. The Morgan fingerprint density at radius 2 is 2.03 bits per heavy atom. The van der Waals surface area contributed by atoms with Crippen LogP contribution in [-0.4, -0.2) is 26.7 Å². The van der Waals surface area contributed by atoms with E-state index in [0.29, 0.717) is 30.1 Å². The maximum Gasteiger partial charge on any atom is 0.276 e. The SMILES string of the molecule is CCOc1ccc(-c2cc3c(=O)n(CCC(=O)NCc4ccco4)ccn3n2)cc1. The molecule has 0 fully saturated rings. The summed E-state index contributed by atoms with van der Waals surface area (Å²) in [5, 5.41) is 7.26. The van der Waals surface area contributed by atoms with Crippen LogP contribution in [0.25, 0.3) is 16.8 Å². The lowest BCUT2D eigenvalue weighted by Crippen LogP contribution is -2.27. The second-order valence-electron chi connectivity index (χ2n) is 6.72. The Kier molecular flexibility index (Phi) is 5.65. The zero-order valence-electron chi connectivity index (χ0n) is 16.6. The van der Waals surface area contributed by atoms with Crippen molar-refractivity contribution in [1.29, 1.82) is 0 Å². The number of fused-ring (bicyclic) bond motifs is 1. The van der Waals surface area contributed by atoms with Crippen LogP contribution >= 0.6 is 0 Å². The van der Waals surface area contributed by atoms with Crippen molar-refractivity contribution in [3.8, 4) is 17.0 Å². The molecule has 0 aliphatic carbocycles. The minimum absolute atomic E-state index is 0.151. The highest BCUT2D eigenvalue weighted by atomic mass is 16.5. The second-order valence-corrected chi connectivity index (χ2v) is 6.72. The number of benzene rings is 1. The van der Waals surface area contributed by atoms with Crippen molar-refractivity contribution < 1.29 is 13.9 Å². The van der Waals surface area contributed by atoms with Crippen LogP contribution < -0.4 is 15.6 Å². The van der Waals surface area contributed by atoms with Crippen molar-refractivity contribution in [3.63, 3.8) is 0 Å². The van der Waals surface area contributed by atoms with Crippen LogP contribution in [0, 0.1) is 0 Å². The molecular formula is C22H22N4O4. The number of aryl methyl sites for hydroxylation is 1. The molecule has 3 aromatic heterocycles. The standard InChI is InChI=1S/C22H22N4O4/c1-2-29-17-7-5-16(6-8-17)19-14-20-22(28)25(11-12-26(20)24-19)10-9-21(27)23-15-18-4-3-13-30-18/h3-8,11-14H,2,9-10,15H2,1H3,(H,23,27). The van der Waals surface area contributed by atoms with Gasteiger partial charge in [-0.2, -0.15) is 5.10 Å². The summed E-state index contributed by atoms with van der Waals surface area (Å²) in [5.74, 6) is 1.32. The highest BCUT2D eigenvalue weighted by Crippen LogP contribution is 2.21. The number of nitrogens with one attached hydrogen (secondary N) is 1. The Bertz CT molecular complexity index is 1190. The molecule has 1 aromatic carbocycles. The smallest absolute Gasteiger partial charge is 0.276 e. The Hall–Kier alpha value is -3.81. The first-order chi connectivity index (χ1) is 14.6. The van der Waals surface area contributed by atoms with E-state index in [-0.39, 0.29) is 24.4 Å². The van der Waals surface area contributed by atoms with Crippen LogP contribution in [0.15, 0.2) is 70.3 Å². The number of hydrogen-bond donors (Lipinski definition) is 1. The fourth-order valence-electron chi connectivity index (χ4n) is 3.14. The van der Waals surface area contributed by atoms with E-state index < -0.39 is 0 Å². The molecule has 4 aromatic rings. The van der Waals surface area contributed by atoms with E-state index in [9.17, 15) is 9.59 Å². The third-order valence-corrected chi connectivity index (χ3v) is 4.68. The summed E-state index contributed by atoms with van der Waals surface area (Å²) in [5.41, 5.74) is 1.85. The molecule has 0 spiro atoms. The van der Waals surface area contributed by atoms with Gasteiger partial charge in [-0.15, -0.1) is 0 Å². The van der Waals surface area contributed by atoms with Gasteiger partial charge in [-0.25, -0.2) is 4.52 Å². The molecule has 0 saturated carbocycles. The van der Waals surface area contributed by atoms with Crippen LogP contribution in [0.4, 0.5) is 0 Å². The van der Waals surface area contributed by atoms with E-state index in [4.69, 9.17) is 9.15 Å². The number of amides is 1. The molecule has 1 N–H and O–H groups in total. The largest absolute Gasteiger partial charge is 0.494 e. The van der Waals surface area contributed by atoms with Gasteiger partial charge in [-0.1, -0.05) is 0 Å². The lowest BCUT2D eigenvalue weighted by atomic mass is 10.1. The van der Waals surface area contributed by atoms with Gasteiger partial charge >= 0.3 is 0 Å². The molecule has 0 aliphatic heterocycles. The molecule has 3 heterocycles. The summed E-state index contributed by atoms with van der Waals surface area (Å²) in [7, 11) is 0. The molecule has 0 saturated heterocycles. The predicted molar refractivity (Wildman–Crippen MR) is 111 cm³/mol. The van der Waals surface area contributed by atoms with Gasteiger partial charge in [0.25, 0.3) is 5.56 Å². The van der Waals surface area contributed by atoms with Gasteiger partial charge in [-0.05, 0) is 49.4 Å². The van der Waals surface area contributed by atoms with Crippen molar-refractivity contribution in [1.82, 2.24) is 19.5 Å². The van der Waals surface area contributed by atoms with E-state index in [2.05, 4.69) is 10.4 Å². The van der Waals surface area contributed by atoms with Crippen LogP contribution in [-0.2, 0) is 17.9 Å². The van der Waals surface area contributed by atoms with Crippen LogP contribution in [0.2, 0.25) is 0 Å². The first-order valence-electron chi connectivity index (χ1n) is 9.75. The van der Waals surface area contributed by atoms with Crippen molar-refractivity contribution in [2.45, 2.75) is 26.4 Å². The predicted octanol–water partition coefficient (Wildman–Crippen LogP) is 2.86. The van der Waals surface area contributed by atoms with Gasteiger partial charge < -0.3 is 19.0 Å². The third kappa shape index (κ3) is 4.27. The van der Waals surface area contributed by atoms with Crippen molar-refractivity contribution in [3.05, 3.63) is 77.2 Å². The monoisotopic (exact) mass is 406 g/mol. The summed E-state index contributed by atoms with van der Waals surface area (Å²) in [6.45, 7) is 3.15. The van der Waals surface area contributed by atoms with Crippen molar-refractivity contribution >= 4 is 11.4 Å². The van der Waals surface area contributed by atoms with Crippen LogP contribution in [0.3, 0.4) is 0 Å². The Morgan fingerprint density at radius 1 is 1.20 bits per heavy atom. The summed E-state index contributed by atoms with van der Waals surface area (Å²) in [4.78, 5) is 24.9. The van der Waals surface area contributed by atoms with E-state index in [1.165, 1.54) is 4.57 Å². The zero-order chi connectivity index (χ0) is 20.9. The van der Waals surface area contributed by atoms with Gasteiger partial charge in [-0.3, -0.25) is 9.59 Å². The summed E-state index contributed by atoms with van der Waals surface area (Å²) < 4.78 is 13.7. The quantitative estimate of drug-likeness (QED) is 0.486. The van der Waals surface area contributed by atoms with Gasteiger partial charge in [0, 0.05) is 30.9 Å². The van der Waals surface area contributed by atoms with Gasteiger partial charge in [0.15, 0.2) is 0 Å². The van der Waals surface area contributed by atoms with Crippen LogP contribution in [0.1, 0.15) is 19.1 Å². The number of hydrogen-bond acceptors (Lipinski definition) is 5. The number of rotatable bonds is 8. The summed E-state index contributed by atoms with van der Waals surface area (Å²) >= 11 is 0. The van der Waals surface area contributed by atoms with Gasteiger partial charge in [0.1, 0.15) is 17.0 Å². The number of ether oxygens (including phenoxy) is 1. The fraction of sp³-hybridized carbons (Fsp3) is 0.227. The van der Waals surface area contributed by atoms with E-state index >= 15 is 0 Å². The molecule has 30 heavy (non-hydrogen) atoms. The number of carbonyl (C=O) groups excluding carboxylic acids is 1. The molecule has 0 bridgehead atoms. The number of carbonyl (C=O) groups is 1. The first kappa shape index (κ1) is 19.5. The second kappa shape index (κ2) is 8.69. The summed E-state index contributed by atoms with van der Waals surface area (Å²) in [6.07, 6.45) is 5.11. The fourth-order valence-corrected chi connectivity index (χ4v) is 3.14. The van der Waals surface area contributed by atoms with E-state index in [1.54, 1.807) is 41.4 Å². The summed E-state index contributed by atoms with van der Waals surface area (Å²) in [6, 6.07) is 12.9. The molecule has 8 heteroatoms. The number of nitrogens with zero attached hydrogens (tertiary/aromatic N) is 3. The van der Waals surface area contributed by atoms with Gasteiger partial charge in [0.2, 0.25) is 5.91 Å². The first-order valence-corrected chi connectivity index (χ1v) is 9.75. The maximum atomic E-state index is 12.8. The van der Waals surface area contributed by atoms with Crippen LogP contribution in [0.5, 0.6) is 5.75 Å². The average molecular weight is 406 g/mol. The number of aromatic nitrogens is 3. The molecular weight excluding hydrogens is 384 g/mol. The Balaban J connectivity index is 1.45. The van der Waals surface area contributed by atoms with E-state index in [1.807, 2.05) is 31.2 Å². The molecule has 4 rings (SSSR count). The molecule has 0 unspecified atom stereocenters.